The van der Waals surface area contributed by atoms with Gasteiger partial charge < -0.3 is 16.6 Å². The van der Waals surface area contributed by atoms with E-state index in [1.165, 1.54) is 0 Å². The molecule has 0 aliphatic carbocycles. The van der Waals surface area contributed by atoms with Crippen molar-refractivity contribution in [3.05, 3.63) is 60.7 Å². The first kappa shape index (κ1) is 24.2. The van der Waals surface area contributed by atoms with Gasteiger partial charge >= 0.3 is 0 Å². The van der Waals surface area contributed by atoms with Gasteiger partial charge in [-0.3, -0.25) is 24.7 Å². The van der Waals surface area contributed by atoms with Crippen molar-refractivity contribution in [3.63, 3.8) is 0 Å². The van der Waals surface area contributed by atoms with E-state index in [1.54, 1.807) is 46.2 Å². The lowest BCUT2D eigenvalue weighted by atomic mass is 10.1. The Morgan fingerprint density at radius 2 is 1.38 bits per heavy atom. The van der Waals surface area contributed by atoms with Crippen LogP contribution in [-0.4, -0.2) is 31.0 Å². The third-order valence-corrected chi connectivity index (χ3v) is 3.43. The van der Waals surface area contributed by atoms with E-state index in [0.717, 1.165) is 45.9 Å². The van der Waals surface area contributed by atoms with E-state index in [9.17, 15) is 0 Å². The van der Waals surface area contributed by atoms with Crippen LogP contribution in [0.3, 0.4) is 0 Å². The number of carboxylic acid groups (broad SMARTS) is 1. The molecule has 2 heterocycles. The molecule has 0 amide bonds. The average Bonchev–Trinajstić information content (AvgIpc) is 2.72. The quantitative estimate of drug-likeness (QED) is 0.226. The van der Waals surface area contributed by atoms with Crippen molar-refractivity contribution in [3.8, 4) is 0 Å². The Balaban J connectivity index is 0.000000230. The van der Waals surface area contributed by atoms with Crippen LogP contribution in [-0.2, 0) is 4.79 Å². The largest absolute Gasteiger partial charge is 0.481 e. The fraction of sp³-hybridized carbons (Fsp3) is 0.105. The molecular weight excluding hydrogens is 507 g/mol. The summed E-state index contributed by atoms with van der Waals surface area (Å²) in [5.74, 6) is -0.833. The number of nitrogens with two attached hydrogens (primary N) is 2. The van der Waals surface area contributed by atoms with Gasteiger partial charge in [-0.15, -0.1) is 0 Å². The van der Waals surface area contributed by atoms with Crippen molar-refractivity contribution >= 4 is 69.8 Å². The number of aromatic nitrogens is 4. The van der Waals surface area contributed by atoms with Gasteiger partial charge in [0.1, 0.15) is 0 Å². The minimum atomic E-state index is -0.833. The SMILES string of the molecule is CC(=O)O.Cc1c(N)ccc2nccnc12.ClI.Nc1ccc2nccnc2c1. The van der Waals surface area contributed by atoms with Gasteiger partial charge in [0.2, 0.25) is 0 Å². The van der Waals surface area contributed by atoms with Crippen molar-refractivity contribution in [2.75, 3.05) is 11.5 Å². The minimum absolute atomic E-state index is 0.720. The summed E-state index contributed by atoms with van der Waals surface area (Å²) in [4.78, 5) is 25.6. The molecule has 0 aliphatic heterocycles. The monoisotopic (exact) mass is 526 g/mol. The Morgan fingerprint density at radius 1 is 0.897 bits per heavy atom. The first-order valence-corrected chi connectivity index (χ1v) is 10.9. The molecule has 0 radical (unpaired) electrons. The molecule has 0 fully saturated rings. The zero-order valence-corrected chi connectivity index (χ0v) is 18.7. The summed E-state index contributed by atoms with van der Waals surface area (Å²) in [6.45, 7) is 3.03. The molecule has 0 aliphatic rings. The fourth-order valence-electron chi connectivity index (χ4n) is 2.17. The van der Waals surface area contributed by atoms with Crippen molar-refractivity contribution in [1.29, 1.82) is 0 Å². The van der Waals surface area contributed by atoms with E-state index in [-0.39, 0.29) is 0 Å². The van der Waals surface area contributed by atoms with E-state index in [2.05, 4.69) is 28.8 Å². The molecule has 0 spiro atoms. The third-order valence-electron chi connectivity index (χ3n) is 3.43. The Bertz CT molecular complexity index is 1080. The average molecular weight is 527 g/mol. The molecule has 152 valence electrons. The van der Waals surface area contributed by atoms with Gasteiger partial charge in [-0.2, -0.15) is 0 Å². The van der Waals surface area contributed by atoms with Gasteiger partial charge in [-0.25, -0.2) is 0 Å². The number of benzene rings is 2. The van der Waals surface area contributed by atoms with Crippen LogP contribution in [0.2, 0.25) is 0 Å². The Morgan fingerprint density at radius 3 is 2.00 bits per heavy atom. The van der Waals surface area contributed by atoms with Gasteiger partial charge in [0.25, 0.3) is 5.97 Å². The summed E-state index contributed by atoms with van der Waals surface area (Å²) in [5.41, 5.74) is 17.3. The summed E-state index contributed by atoms with van der Waals surface area (Å²) in [6, 6.07) is 9.22. The second kappa shape index (κ2) is 12.6. The Labute approximate surface area is 185 Å². The number of rotatable bonds is 0. The number of hydrogen-bond acceptors (Lipinski definition) is 7. The number of aryl methyl sites for hydroxylation is 1. The maximum absolute atomic E-state index is 9.00. The molecule has 10 heteroatoms. The number of fused-ring (bicyclic) bond motifs is 2. The molecule has 4 rings (SSSR count). The van der Waals surface area contributed by atoms with Crippen LogP contribution in [0.15, 0.2) is 55.1 Å². The summed E-state index contributed by atoms with van der Waals surface area (Å²) >= 11 is 1.62. The van der Waals surface area contributed by atoms with Gasteiger partial charge in [0.05, 0.1) is 22.1 Å². The molecule has 0 bridgehead atoms. The number of anilines is 2. The predicted molar refractivity (Wildman–Crippen MR) is 126 cm³/mol. The highest BCUT2D eigenvalue weighted by Crippen LogP contribution is 2.18. The van der Waals surface area contributed by atoms with Crippen LogP contribution in [0.4, 0.5) is 11.4 Å². The molecule has 4 aromatic rings. The lowest BCUT2D eigenvalue weighted by Gasteiger charge is -2.02. The van der Waals surface area contributed by atoms with Gasteiger partial charge in [-0.1, -0.05) is 0 Å². The fourth-order valence-corrected chi connectivity index (χ4v) is 2.17. The molecule has 0 saturated heterocycles. The van der Waals surface area contributed by atoms with Gasteiger partial charge in [0.15, 0.2) is 0 Å². The number of nitrogens with zero attached hydrogens (tertiary/aromatic N) is 4. The first-order valence-electron chi connectivity index (χ1n) is 8.14. The maximum Gasteiger partial charge on any atom is 0.300 e. The van der Waals surface area contributed by atoms with Crippen LogP contribution in [0, 0.1) is 6.92 Å². The maximum atomic E-state index is 9.00. The number of carboxylic acids is 1. The van der Waals surface area contributed by atoms with E-state index >= 15 is 0 Å². The van der Waals surface area contributed by atoms with Crippen LogP contribution in [0.25, 0.3) is 22.1 Å². The smallest absolute Gasteiger partial charge is 0.300 e. The standard InChI is InChI=1S/C9H9N3.C8H7N3.C2H4O2.ClI/c1-6-7(10)2-3-8-9(6)12-5-4-11-8;9-6-1-2-7-8(5-6)11-4-3-10-7;1-2(3)4;1-2/h2-5H,10H2,1H3;1-5H,9H2;1H3,(H,3,4);. The Hall–Kier alpha value is -2.79. The molecule has 2 aromatic carbocycles. The second-order valence-electron chi connectivity index (χ2n) is 5.53. The van der Waals surface area contributed by atoms with E-state index in [1.807, 2.05) is 37.3 Å². The van der Waals surface area contributed by atoms with Crippen LogP contribution in [0.5, 0.6) is 0 Å². The minimum Gasteiger partial charge on any atom is -0.481 e. The van der Waals surface area contributed by atoms with Crippen molar-refractivity contribution in [1.82, 2.24) is 19.9 Å². The molecule has 29 heavy (non-hydrogen) atoms. The normalized spacial score (nSPS) is 9.24. The highest BCUT2D eigenvalue weighted by Gasteiger charge is 2.00. The lowest BCUT2D eigenvalue weighted by Crippen LogP contribution is -1.92. The summed E-state index contributed by atoms with van der Waals surface area (Å²) in [5, 5.41) is 7.42. The van der Waals surface area contributed by atoms with Crippen LogP contribution >= 0.6 is 30.4 Å². The molecule has 0 saturated carbocycles. The van der Waals surface area contributed by atoms with Crippen LogP contribution < -0.4 is 11.5 Å². The van der Waals surface area contributed by atoms with Crippen molar-refractivity contribution in [2.24, 2.45) is 0 Å². The summed E-state index contributed by atoms with van der Waals surface area (Å²) in [7, 11) is 4.61. The molecule has 8 nitrogen and oxygen atoms in total. The second-order valence-corrected chi connectivity index (χ2v) is 5.53. The molecule has 0 atom stereocenters. The van der Waals surface area contributed by atoms with Crippen LogP contribution in [0.1, 0.15) is 12.5 Å². The highest BCUT2D eigenvalue weighted by molar-refractivity contribution is 14.1. The topological polar surface area (TPSA) is 141 Å². The first-order chi connectivity index (χ1) is 13.9. The number of aliphatic carboxylic acids is 1. The zero-order valence-electron chi connectivity index (χ0n) is 15.8. The zero-order chi connectivity index (χ0) is 21.8. The molecule has 5 N–H and O–H groups in total. The number of nitrogen functional groups attached to an aromatic ring is 2. The number of carbonyl (C=O) groups is 1. The van der Waals surface area contributed by atoms with E-state index in [4.69, 9.17) is 21.4 Å². The van der Waals surface area contributed by atoms with E-state index in [0.29, 0.717) is 0 Å². The van der Waals surface area contributed by atoms with Crippen molar-refractivity contribution < 1.29 is 9.90 Å². The number of hydrogen-bond donors (Lipinski definition) is 3. The summed E-state index contributed by atoms with van der Waals surface area (Å²) < 4.78 is 0. The third kappa shape index (κ3) is 8.00. The summed E-state index contributed by atoms with van der Waals surface area (Å²) in [6.07, 6.45) is 6.67. The lowest BCUT2D eigenvalue weighted by molar-refractivity contribution is -0.134. The molecule has 0 unspecified atom stereocenters. The predicted octanol–water partition coefficient (Wildman–Crippen LogP) is 4.40. The van der Waals surface area contributed by atoms with E-state index < -0.39 is 5.97 Å². The van der Waals surface area contributed by atoms with Gasteiger partial charge in [-0.05, 0) is 51.7 Å². The number of halogens is 2. The Kier molecular flexibility index (Phi) is 10.6. The highest BCUT2D eigenvalue weighted by atomic mass is 127. The van der Waals surface area contributed by atoms with Gasteiger partial charge in [0, 0.05) is 64.5 Å². The molecule has 2 aromatic heterocycles. The molecular formula is C19H20ClIN6O2. The van der Waals surface area contributed by atoms with Crippen molar-refractivity contribution in [2.45, 2.75) is 13.8 Å².